The van der Waals surface area contributed by atoms with Gasteiger partial charge in [-0.2, -0.15) is 0 Å². The molecule has 1 N–H and O–H groups in total. The fourth-order valence-corrected chi connectivity index (χ4v) is 3.13. The summed E-state index contributed by atoms with van der Waals surface area (Å²) in [5.74, 6) is -0.0828. The largest absolute Gasteiger partial charge is 0.324 e. The van der Waals surface area contributed by atoms with E-state index in [1.165, 1.54) is 0 Å². The molecule has 0 bridgehead atoms. The first-order valence-electron chi connectivity index (χ1n) is 6.85. The molecule has 1 amide bonds. The first-order valence-corrected chi connectivity index (χ1v) is 8.02. The number of fused-ring (bicyclic) bond motifs is 1. The van der Waals surface area contributed by atoms with Crippen LogP contribution < -0.4 is 5.32 Å². The van der Waals surface area contributed by atoms with Crippen molar-refractivity contribution >= 4 is 49.9 Å². The van der Waals surface area contributed by atoms with Crippen molar-refractivity contribution in [2.75, 3.05) is 5.32 Å². The Hall–Kier alpha value is -1.84. The maximum absolute atomic E-state index is 12.3. The number of rotatable bonds is 3. The molecule has 2 nitrogen and oxygen atoms in total. The van der Waals surface area contributed by atoms with E-state index < -0.39 is 0 Å². The smallest absolute Gasteiger partial charge is 0.228 e. The van der Waals surface area contributed by atoms with Gasteiger partial charge in [0, 0.05) is 4.47 Å². The van der Waals surface area contributed by atoms with E-state index in [1.54, 1.807) is 12.1 Å². The third-order valence-corrected chi connectivity index (χ3v) is 4.24. The van der Waals surface area contributed by atoms with Crippen molar-refractivity contribution in [3.8, 4) is 0 Å². The molecule has 0 atom stereocenters. The minimum absolute atomic E-state index is 0.0828. The third kappa shape index (κ3) is 3.32. The van der Waals surface area contributed by atoms with Gasteiger partial charge in [-0.15, -0.1) is 0 Å². The predicted octanol–water partition coefficient (Wildman–Crippen LogP) is 5.44. The normalized spacial score (nSPS) is 10.6. The van der Waals surface area contributed by atoms with Crippen LogP contribution in [0.4, 0.5) is 5.69 Å². The van der Waals surface area contributed by atoms with Gasteiger partial charge in [-0.3, -0.25) is 4.79 Å². The highest BCUT2D eigenvalue weighted by atomic mass is 79.9. The molecular formula is C18H13BrClNO. The molecule has 0 spiro atoms. The number of carbonyl (C=O) groups is 1. The number of halogens is 2. The number of nitrogens with one attached hydrogen (secondary N) is 1. The number of amides is 1. The molecule has 0 heterocycles. The van der Waals surface area contributed by atoms with E-state index in [2.05, 4.69) is 21.2 Å². The molecule has 0 unspecified atom stereocenters. The first-order chi connectivity index (χ1) is 10.6. The minimum atomic E-state index is -0.0828. The molecule has 3 aromatic rings. The molecule has 0 saturated heterocycles. The number of carbonyl (C=O) groups excluding carboxylic acids is 1. The zero-order valence-electron chi connectivity index (χ0n) is 11.6. The van der Waals surface area contributed by atoms with E-state index in [0.717, 1.165) is 20.8 Å². The Morgan fingerprint density at radius 3 is 2.64 bits per heavy atom. The van der Waals surface area contributed by atoms with Crippen LogP contribution in [0.15, 0.2) is 65.1 Å². The highest BCUT2D eigenvalue weighted by Crippen LogP contribution is 2.26. The van der Waals surface area contributed by atoms with Gasteiger partial charge in [0.05, 0.1) is 17.1 Å². The molecule has 110 valence electrons. The maximum atomic E-state index is 12.3. The minimum Gasteiger partial charge on any atom is -0.324 e. The van der Waals surface area contributed by atoms with Gasteiger partial charge >= 0.3 is 0 Å². The standard InChI is InChI=1S/C18H13BrClNO/c19-14-8-9-17(16(20)11-14)21-18(22)10-13-6-3-5-12-4-1-2-7-15(12)13/h1-9,11H,10H2,(H,21,22). The monoisotopic (exact) mass is 373 g/mol. The Morgan fingerprint density at radius 1 is 1.05 bits per heavy atom. The first kappa shape index (κ1) is 15.1. The van der Waals surface area contributed by atoms with Crippen LogP contribution in [0.1, 0.15) is 5.56 Å². The van der Waals surface area contributed by atoms with Gasteiger partial charge in [0.25, 0.3) is 0 Å². The highest BCUT2D eigenvalue weighted by Gasteiger charge is 2.09. The highest BCUT2D eigenvalue weighted by molar-refractivity contribution is 9.10. The topological polar surface area (TPSA) is 29.1 Å². The second-order valence-corrected chi connectivity index (χ2v) is 6.31. The number of hydrogen-bond acceptors (Lipinski definition) is 1. The summed E-state index contributed by atoms with van der Waals surface area (Å²) in [4.78, 5) is 12.3. The Bertz CT molecular complexity index is 842. The molecular weight excluding hydrogens is 362 g/mol. The lowest BCUT2D eigenvalue weighted by Crippen LogP contribution is -2.14. The van der Waals surface area contributed by atoms with E-state index in [4.69, 9.17) is 11.6 Å². The van der Waals surface area contributed by atoms with Crippen molar-refractivity contribution < 1.29 is 4.79 Å². The molecule has 4 heteroatoms. The average molecular weight is 375 g/mol. The lowest BCUT2D eigenvalue weighted by molar-refractivity contribution is -0.115. The van der Waals surface area contributed by atoms with Crippen LogP contribution in [-0.4, -0.2) is 5.91 Å². The summed E-state index contributed by atoms with van der Waals surface area (Å²) in [5, 5.41) is 5.61. The van der Waals surface area contributed by atoms with Crippen LogP contribution in [0.3, 0.4) is 0 Å². The van der Waals surface area contributed by atoms with Crippen LogP contribution in [0, 0.1) is 0 Å². The molecule has 0 fully saturated rings. The Morgan fingerprint density at radius 2 is 1.82 bits per heavy atom. The average Bonchev–Trinajstić information content (AvgIpc) is 2.50. The zero-order chi connectivity index (χ0) is 15.5. The molecule has 0 aromatic heterocycles. The Labute approximate surface area is 142 Å². The SMILES string of the molecule is O=C(Cc1cccc2ccccc12)Nc1ccc(Br)cc1Cl. The summed E-state index contributed by atoms with van der Waals surface area (Å²) in [6.45, 7) is 0. The van der Waals surface area contributed by atoms with Gasteiger partial charge in [0.1, 0.15) is 0 Å². The lowest BCUT2D eigenvalue weighted by atomic mass is 10.0. The number of hydrogen-bond donors (Lipinski definition) is 1. The summed E-state index contributed by atoms with van der Waals surface area (Å²) in [7, 11) is 0. The van der Waals surface area contributed by atoms with Crippen LogP contribution in [0.5, 0.6) is 0 Å². The summed E-state index contributed by atoms with van der Waals surface area (Å²) >= 11 is 9.47. The molecule has 22 heavy (non-hydrogen) atoms. The zero-order valence-corrected chi connectivity index (χ0v) is 14.0. The second kappa shape index (κ2) is 6.51. The van der Waals surface area contributed by atoms with Gasteiger partial charge in [-0.1, -0.05) is 70.0 Å². The van der Waals surface area contributed by atoms with Crippen molar-refractivity contribution in [3.05, 3.63) is 75.7 Å². The van der Waals surface area contributed by atoms with E-state index in [9.17, 15) is 4.79 Å². The molecule has 0 aliphatic rings. The van der Waals surface area contributed by atoms with Gasteiger partial charge in [-0.05, 0) is 34.5 Å². The van der Waals surface area contributed by atoms with Crippen LogP contribution >= 0.6 is 27.5 Å². The van der Waals surface area contributed by atoms with E-state index in [1.807, 2.05) is 48.5 Å². The lowest BCUT2D eigenvalue weighted by Gasteiger charge is -2.09. The van der Waals surface area contributed by atoms with Crippen molar-refractivity contribution in [3.63, 3.8) is 0 Å². The van der Waals surface area contributed by atoms with Gasteiger partial charge < -0.3 is 5.32 Å². The van der Waals surface area contributed by atoms with Gasteiger partial charge in [0.2, 0.25) is 5.91 Å². The second-order valence-electron chi connectivity index (χ2n) is 4.99. The molecule has 3 rings (SSSR count). The van der Waals surface area contributed by atoms with Crippen molar-refractivity contribution in [1.29, 1.82) is 0 Å². The summed E-state index contributed by atoms with van der Waals surface area (Å²) in [5.41, 5.74) is 1.62. The van der Waals surface area contributed by atoms with Crippen molar-refractivity contribution in [1.82, 2.24) is 0 Å². The quantitative estimate of drug-likeness (QED) is 0.650. The van der Waals surface area contributed by atoms with Crippen LogP contribution in [0.25, 0.3) is 10.8 Å². The predicted molar refractivity (Wildman–Crippen MR) is 95.4 cm³/mol. The summed E-state index contributed by atoms with van der Waals surface area (Å²) in [6, 6.07) is 19.4. The molecule has 0 aliphatic carbocycles. The summed E-state index contributed by atoms with van der Waals surface area (Å²) < 4.78 is 0.879. The van der Waals surface area contributed by atoms with E-state index in [-0.39, 0.29) is 5.91 Å². The maximum Gasteiger partial charge on any atom is 0.228 e. The molecule has 3 aromatic carbocycles. The van der Waals surface area contributed by atoms with Crippen molar-refractivity contribution in [2.24, 2.45) is 0 Å². The Kier molecular flexibility index (Phi) is 4.46. The van der Waals surface area contributed by atoms with Gasteiger partial charge in [0.15, 0.2) is 0 Å². The molecule has 0 aliphatic heterocycles. The van der Waals surface area contributed by atoms with Crippen LogP contribution in [-0.2, 0) is 11.2 Å². The number of anilines is 1. The van der Waals surface area contributed by atoms with Crippen molar-refractivity contribution in [2.45, 2.75) is 6.42 Å². The Balaban J connectivity index is 1.81. The molecule has 0 radical (unpaired) electrons. The molecule has 0 saturated carbocycles. The van der Waals surface area contributed by atoms with Crippen LogP contribution in [0.2, 0.25) is 5.02 Å². The van der Waals surface area contributed by atoms with E-state index >= 15 is 0 Å². The fraction of sp³-hybridized carbons (Fsp3) is 0.0556. The number of benzene rings is 3. The van der Waals surface area contributed by atoms with Gasteiger partial charge in [-0.25, -0.2) is 0 Å². The fourth-order valence-electron chi connectivity index (χ4n) is 2.40. The summed E-state index contributed by atoms with van der Waals surface area (Å²) in [6.07, 6.45) is 0.313. The van der Waals surface area contributed by atoms with E-state index in [0.29, 0.717) is 17.1 Å². The third-order valence-electron chi connectivity index (χ3n) is 3.44.